The monoisotopic (exact) mass is 290 g/mol. The Labute approximate surface area is 126 Å². The third kappa shape index (κ3) is 2.92. The van der Waals surface area contributed by atoms with Crippen molar-refractivity contribution >= 4 is 5.96 Å². The van der Waals surface area contributed by atoms with Crippen molar-refractivity contribution in [3.63, 3.8) is 0 Å². The van der Waals surface area contributed by atoms with Crippen LogP contribution in [-0.2, 0) is 6.54 Å². The van der Waals surface area contributed by atoms with Crippen LogP contribution in [0.5, 0.6) is 0 Å². The second kappa shape index (κ2) is 5.70. The molecule has 0 amide bonds. The average molecular weight is 290 g/mol. The van der Waals surface area contributed by atoms with Crippen molar-refractivity contribution in [2.24, 2.45) is 10.4 Å². The average Bonchev–Trinajstić information content (AvgIpc) is 3.05. The second-order valence-electron chi connectivity index (χ2n) is 6.80. The molecule has 21 heavy (non-hydrogen) atoms. The molecule has 1 aromatic rings. The molecule has 116 valence electrons. The standard InChI is InChI=1S/C16H26N4O/c1-12(2)14-9-13(21-19-14)10-18-15(17-3)20-8-7-16(11-20)5-4-6-16/h9,12H,4-8,10-11H2,1-3H3,(H,17,18). The van der Waals surface area contributed by atoms with Gasteiger partial charge in [0.25, 0.3) is 0 Å². The Bertz CT molecular complexity index is 516. The highest BCUT2D eigenvalue weighted by Gasteiger charge is 2.43. The van der Waals surface area contributed by atoms with Crippen LogP contribution in [0.25, 0.3) is 0 Å². The minimum Gasteiger partial charge on any atom is -0.359 e. The molecule has 1 aromatic heterocycles. The van der Waals surface area contributed by atoms with E-state index in [0.29, 0.717) is 17.9 Å². The molecule has 1 N–H and O–H groups in total. The highest BCUT2D eigenvalue weighted by atomic mass is 16.5. The lowest BCUT2D eigenvalue weighted by atomic mass is 9.68. The van der Waals surface area contributed by atoms with E-state index >= 15 is 0 Å². The first-order valence-corrected chi connectivity index (χ1v) is 8.03. The number of nitrogens with zero attached hydrogens (tertiary/aromatic N) is 3. The number of aromatic nitrogens is 1. The maximum atomic E-state index is 5.37. The van der Waals surface area contributed by atoms with E-state index in [1.165, 1.54) is 25.7 Å². The van der Waals surface area contributed by atoms with Crippen LogP contribution in [0.4, 0.5) is 0 Å². The van der Waals surface area contributed by atoms with Gasteiger partial charge in [-0.15, -0.1) is 0 Å². The quantitative estimate of drug-likeness (QED) is 0.687. The second-order valence-corrected chi connectivity index (χ2v) is 6.80. The number of rotatable bonds is 3. The third-order valence-corrected chi connectivity index (χ3v) is 4.95. The molecule has 5 nitrogen and oxygen atoms in total. The van der Waals surface area contributed by atoms with E-state index < -0.39 is 0 Å². The molecular weight excluding hydrogens is 264 g/mol. The number of aliphatic imine (C=N–C) groups is 1. The van der Waals surface area contributed by atoms with Crippen molar-refractivity contribution in [3.05, 3.63) is 17.5 Å². The van der Waals surface area contributed by atoms with Gasteiger partial charge in [0.1, 0.15) is 0 Å². The largest absolute Gasteiger partial charge is 0.359 e. The lowest BCUT2D eigenvalue weighted by Gasteiger charge is -2.38. The van der Waals surface area contributed by atoms with Crippen molar-refractivity contribution in [1.29, 1.82) is 0 Å². The molecule has 3 rings (SSSR count). The van der Waals surface area contributed by atoms with E-state index in [4.69, 9.17) is 4.52 Å². The zero-order valence-electron chi connectivity index (χ0n) is 13.4. The Morgan fingerprint density at radius 1 is 1.48 bits per heavy atom. The van der Waals surface area contributed by atoms with E-state index in [9.17, 15) is 0 Å². The number of hydrogen-bond donors (Lipinski definition) is 1. The summed E-state index contributed by atoms with van der Waals surface area (Å²) in [6, 6.07) is 2.03. The van der Waals surface area contributed by atoms with Crippen molar-refractivity contribution in [1.82, 2.24) is 15.4 Å². The topological polar surface area (TPSA) is 53.7 Å². The third-order valence-electron chi connectivity index (χ3n) is 4.95. The Morgan fingerprint density at radius 3 is 2.81 bits per heavy atom. The Kier molecular flexibility index (Phi) is 3.91. The smallest absolute Gasteiger partial charge is 0.194 e. The van der Waals surface area contributed by atoms with E-state index in [-0.39, 0.29) is 0 Å². The van der Waals surface area contributed by atoms with Crippen LogP contribution in [0, 0.1) is 5.41 Å². The van der Waals surface area contributed by atoms with Crippen LogP contribution in [0.15, 0.2) is 15.6 Å². The van der Waals surface area contributed by atoms with E-state index in [0.717, 1.165) is 30.5 Å². The van der Waals surface area contributed by atoms with Gasteiger partial charge in [0, 0.05) is 26.2 Å². The number of nitrogens with one attached hydrogen (secondary N) is 1. The van der Waals surface area contributed by atoms with Gasteiger partial charge in [-0.25, -0.2) is 0 Å². The maximum absolute atomic E-state index is 5.37. The molecule has 0 unspecified atom stereocenters. The molecule has 1 saturated heterocycles. The van der Waals surface area contributed by atoms with Crippen molar-refractivity contribution in [2.45, 2.75) is 52.0 Å². The Morgan fingerprint density at radius 2 is 2.29 bits per heavy atom. The van der Waals surface area contributed by atoms with Gasteiger partial charge >= 0.3 is 0 Å². The summed E-state index contributed by atoms with van der Waals surface area (Å²) in [6.45, 7) is 7.16. The van der Waals surface area contributed by atoms with Crippen molar-refractivity contribution in [3.8, 4) is 0 Å². The summed E-state index contributed by atoms with van der Waals surface area (Å²) in [5, 5.41) is 7.50. The Balaban J connectivity index is 1.55. The van der Waals surface area contributed by atoms with Gasteiger partial charge < -0.3 is 14.7 Å². The molecule has 2 aliphatic rings. The molecule has 5 heteroatoms. The first-order valence-electron chi connectivity index (χ1n) is 8.03. The molecular formula is C16H26N4O. The van der Waals surface area contributed by atoms with Crippen LogP contribution < -0.4 is 5.32 Å². The summed E-state index contributed by atoms with van der Waals surface area (Å²) in [5.74, 6) is 2.26. The summed E-state index contributed by atoms with van der Waals surface area (Å²) in [4.78, 5) is 6.81. The Hall–Kier alpha value is -1.52. The fraction of sp³-hybridized carbons (Fsp3) is 0.750. The summed E-state index contributed by atoms with van der Waals surface area (Å²) < 4.78 is 5.37. The minimum atomic E-state index is 0.402. The number of guanidine groups is 1. The van der Waals surface area contributed by atoms with Gasteiger partial charge in [-0.05, 0) is 30.6 Å². The highest BCUT2D eigenvalue weighted by Crippen LogP contribution is 2.47. The maximum Gasteiger partial charge on any atom is 0.194 e. The van der Waals surface area contributed by atoms with Crippen LogP contribution in [0.2, 0.25) is 0 Å². The summed E-state index contributed by atoms with van der Waals surface area (Å²) >= 11 is 0. The molecule has 1 spiro atoms. The van der Waals surface area contributed by atoms with E-state index in [1.807, 2.05) is 13.1 Å². The molecule has 1 aliphatic heterocycles. The lowest BCUT2D eigenvalue weighted by Crippen LogP contribution is -2.42. The first kappa shape index (κ1) is 14.4. The minimum absolute atomic E-state index is 0.402. The van der Waals surface area contributed by atoms with E-state index in [1.54, 1.807) is 0 Å². The van der Waals surface area contributed by atoms with Crippen LogP contribution >= 0.6 is 0 Å². The number of hydrogen-bond acceptors (Lipinski definition) is 3. The van der Waals surface area contributed by atoms with Crippen molar-refractivity contribution in [2.75, 3.05) is 20.1 Å². The summed E-state index contributed by atoms with van der Waals surface area (Å²) in [7, 11) is 1.86. The molecule has 0 atom stereocenters. The molecule has 0 bridgehead atoms. The van der Waals surface area contributed by atoms with Gasteiger partial charge in [0.15, 0.2) is 11.7 Å². The lowest BCUT2D eigenvalue weighted by molar-refractivity contribution is 0.151. The van der Waals surface area contributed by atoms with Gasteiger partial charge in [-0.1, -0.05) is 25.4 Å². The summed E-state index contributed by atoms with van der Waals surface area (Å²) in [6.07, 6.45) is 5.49. The van der Waals surface area contributed by atoms with Gasteiger partial charge in [0.2, 0.25) is 0 Å². The SMILES string of the molecule is CN=C(NCc1cc(C(C)C)no1)N1CCC2(CCC2)C1. The van der Waals surface area contributed by atoms with Crippen LogP contribution in [0.1, 0.15) is 56.9 Å². The van der Waals surface area contributed by atoms with E-state index in [2.05, 4.69) is 34.2 Å². The molecule has 0 radical (unpaired) electrons. The van der Waals surface area contributed by atoms with Crippen molar-refractivity contribution < 1.29 is 4.52 Å². The van der Waals surface area contributed by atoms with Gasteiger partial charge in [0.05, 0.1) is 12.2 Å². The van der Waals surface area contributed by atoms with Crippen LogP contribution in [0.3, 0.4) is 0 Å². The molecule has 1 saturated carbocycles. The zero-order valence-corrected chi connectivity index (χ0v) is 13.4. The van der Waals surface area contributed by atoms with Crippen LogP contribution in [-0.4, -0.2) is 36.2 Å². The number of likely N-dealkylation sites (tertiary alicyclic amines) is 1. The molecule has 0 aromatic carbocycles. The predicted molar refractivity (Wildman–Crippen MR) is 83.3 cm³/mol. The zero-order chi connectivity index (χ0) is 14.9. The van der Waals surface area contributed by atoms with Gasteiger partial charge in [-0.2, -0.15) is 0 Å². The highest BCUT2D eigenvalue weighted by molar-refractivity contribution is 5.80. The normalized spacial score (nSPS) is 21.1. The fourth-order valence-electron chi connectivity index (χ4n) is 3.38. The molecule has 2 fully saturated rings. The fourth-order valence-corrected chi connectivity index (χ4v) is 3.38. The molecule has 2 heterocycles. The summed E-state index contributed by atoms with van der Waals surface area (Å²) in [5.41, 5.74) is 1.60. The van der Waals surface area contributed by atoms with Gasteiger partial charge in [-0.3, -0.25) is 4.99 Å². The predicted octanol–water partition coefficient (Wildman–Crippen LogP) is 2.75. The first-order chi connectivity index (χ1) is 10.1. The molecule has 1 aliphatic carbocycles.